The van der Waals surface area contributed by atoms with Crippen molar-refractivity contribution in [1.82, 2.24) is 15.5 Å². The summed E-state index contributed by atoms with van der Waals surface area (Å²) in [5.74, 6) is 0.146. The smallest absolute Gasteiger partial charge is 0.338 e. The van der Waals surface area contributed by atoms with Crippen molar-refractivity contribution in [1.29, 1.82) is 0 Å². The third kappa shape index (κ3) is 5.09. The summed E-state index contributed by atoms with van der Waals surface area (Å²) in [5, 5.41) is 5.73. The number of methoxy groups -OCH3 is 1. The van der Waals surface area contributed by atoms with Gasteiger partial charge in [-0.05, 0) is 30.5 Å². The van der Waals surface area contributed by atoms with E-state index < -0.39 is 12.0 Å². The molecule has 4 rings (SSSR count). The third-order valence-corrected chi connectivity index (χ3v) is 5.92. The lowest BCUT2D eigenvalue weighted by Crippen LogP contribution is -2.49. The molecule has 0 spiro atoms. The predicted octanol–water partition coefficient (Wildman–Crippen LogP) is 3.66. The summed E-state index contributed by atoms with van der Waals surface area (Å²) in [7, 11) is 1.57. The number of hydrogen-bond donors (Lipinski definition) is 2. The highest BCUT2D eigenvalue weighted by Crippen LogP contribution is 2.34. The predicted molar refractivity (Wildman–Crippen MR) is 127 cm³/mol. The van der Waals surface area contributed by atoms with Gasteiger partial charge in [0.25, 0.3) is 0 Å². The summed E-state index contributed by atoms with van der Waals surface area (Å²) in [6.45, 7) is 4.00. The van der Waals surface area contributed by atoms with Gasteiger partial charge in [-0.3, -0.25) is 4.90 Å². The number of amides is 2. The molecule has 0 saturated carbocycles. The molecule has 7 nitrogen and oxygen atoms in total. The molecule has 2 aromatic carbocycles. The average molecular weight is 448 g/mol. The summed E-state index contributed by atoms with van der Waals surface area (Å²) in [4.78, 5) is 27.8. The first-order valence-electron chi connectivity index (χ1n) is 11.2. The number of benzene rings is 2. The number of hydrogen-bond acceptors (Lipinski definition) is 5. The second kappa shape index (κ2) is 10.4. The van der Waals surface area contributed by atoms with Gasteiger partial charge in [0, 0.05) is 30.9 Å². The Morgan fingerprint density at radius 2 is 1.88 bits per heavy atom. The highest BCUT2D eigenvalue weighted by Gasteiger charge is 2.35. The highest BCUT2D eigenvalue weighted by atomic mass is 16.5. The van der Waals surface area contributed by atoms with Crippen LogP contribution in [-0.4, -0.2) is 50.3 Å². The van der Waals surface area contributed by atoms with Crippen LogP contribution in [-0.2, 0) is 9.53 Å². The summed E-state index contributed by atoms with van der Waals surface area (Å²) in [5.41, 5.74) is 4.21. The molecular weight excluding hydrogens is 418 g/mol. The van der Waals surface area contributed by atoms with Crippen molar-refractivity contribution in [2.24, 2.45) is 0 Å². The molecular formula is C26H29N3O4. The van der Waals surface area contributed by atoms with Crippen molar-refractivity contribution in [2.45, 2.75) is 19.4 Å². The van der Waals surface area contributed by atoms with Gasteiger partial charge >= 0.3 is 12.0 Å². The zero-order chi connectivity index (χ0) is 23.2. The molecule has 2 amide bonds. The molecule has 0 radical (unpaired) electrons. The minimum absolute atomic E-state index is 0.245. The van der Waals surface area contributed by atoms with Crippen molar-refractivity contribution in [2.75, 3.05) is 33.4 Å². The Morgan fingerprint density at radius 3 is 2.58 bits per heavy atom. The standard InChI is InChI=1S/C26H29N3O4/c1-3-33-25(30)23-21(17-29-15-13-19(14-16-29)18-9-5-4-6-10-18)27-26(31)28-24(23)20-11-7-8-12-22(20)32-2/h4-13,24H,3,14-17H2,1-2H3,(H2,27,28,31)/t24-/m1/s1. The van der Waals surface area contributed by atoms with E-state index in [1.165, 1.54) is 11.1 Å². The van der Waals surface area contributed by atoms with E-state index in [2.05, 4.69) is 33.7 Å². The summed E-state index contributed by atoms with van der Waals surface area (Å²) < 4.78 is 10.9. The number of ether oxygens (including phenoxy) is 2. The molecule has 1 atom stereocenters. The molecule has 2 heterocycles. The van der Waals surface area contributed by atoms with E-state index >= 15 is 0 Å². The molecule has 2 aromatic rings. The van der Waals surface area contributed by atoms with Crippen molar-refractivity contribution < 1.29 is 19.1 Å². The van der Waals surface area contributed by atoms with Crippen molar-refractivity contribution in [3.05, 3.63) is 83.1 Å². The van der Waals surface area contributed by atoms with Gasteiger partial charge in [0.05, 0.1) is 25.3 Å². The van der Waals surface area contributed by atoms with Crippen LogP contribution < -0.4 is 15.4 Å². The number of carbonyl (C=O) groups excluding carboxylic acids is 2. The van der Waals surface area contributed by atoms with Gasteiger partial charge in [0.1, 0.15) is 5.75 Å². The van der Waals surface area contributed by atoms with Crippen LogP contribution in [0.25, 0.3) is 5.57 Å². The number of esters is 1. The Kier molecular flexibility index (Phi) is 7.10. The van der Waals surface area contributed by atoms with Crippen LogP contribution in [0.1, 0.15) is 30.5 Å². The third-order valence-electron chi connectivity index (χ3n) is 5.92. The molecule has 7 heteroatoms. The number of nitrogens with one attached hydrogen (secondary N) is 2. The fourth-order valence-corrected chi connectivity index (χ4v) is 4.32. The second-order valence-electron chi connectivity index (χ2n) is 7.97. The number of nitrogens with zero attached hydrogens (tertiary/aromatic N) is 1. The van der Waals surface area contributed by atoms with Crippen molar-refractivity contribution in [3.8, 4) is 5.75 Å². The Bertz CT molecular complexity index is 1080. The molecule has 2 aliphatic rings. The maximum Gasteiger partial charge on any atom is 0.338 e. The monoisotopic (exact) mass is 447 g/mol. The number of carbonyl (C=O) groups is 2. The van der Waals surface area contributed by atoms with E-state index in [1.807, 2.05) is 42.5 Å². The zero-order valence-electron chi connectivity index (χ0n) is 19.0. The molecule has 0 fully saturated rings. The molecule has 33 heavy (non-hydrogen) atoms. The molecule has 2 N–H and O–H groups in total. The number of para-hydroxylation sites is 1. The van der Waals surface area contributed by atoms with Gasteiger partial charge < -0.3 is 20.1 Å². The normalized spacial score (nSPS) is 18.8. The van der Waals surface area contributed by atoms with Gasteiger partial charge in [-0.2, -0.15) is 0 Å². The van der Waals surface area contributed by atoms with E-state index in [9.17, 15) is 9.59 Å². The van der Waals surface area contributed by atoms with Crippen molar-refractivity contribution >= 4 is 17.6 Å². The van der Waals surface area contributed by atoms with Gasteiger partial charge in [0.2, 0.25) is 0 Å². The Labute approximate surface area is 194 Å². The van der Waals surface area contributed by atoms with Gasteiger partial charge in [-0.1, -0.05) is 54.6 Å². The van der Waals surface area contributed by atoms with E-state index in [-0.39, 0.29) is 12.6 Å². The summed E-state index contributed by atoms with van der Waals surface area (Å²) in [6.07, 6.45) is 3.11. The molecule has 2 aliphatic heterocycles. The van der Waals surface area contributed by atoms with Crippen LogP contribution >= 0.6 is 0 Å². The quantitative estimate of drug-likeness (QED) is 0.634. The van der Waals surface area contributed by atoms with Gasteiger partial charge in [-0.25, -0.2) is 9.59 Å². The van der Waals surface area contributed by atoms with E-state index in [0.29, 0.717) is 29.1 Å². The lowest BCUT2D eigenvalue weighted by molar-refractivity contribution is -0.139. The zero-order valence-corrected chi connectivity index (χ0v) is 19.0. The lowest BCUT2D eigenvalue weighted by atomic mass is 9.93. The molecule has 0 unspecified atom stereocenters. The van der Waals surface area contributed by atoms with Gasteiger partial charge in [-0.15, -0.1) is 0 Å². The second-order valence-corrected chi connectivity index (χ2v) is 7.97. The first-order valence-corrected chi connectivity index (χ1v) is 11.2. The fraction of sp³-hybridized carbons (Fsp3) is 0.308. The van der Waals surface area contributed by atoms with E-state index in [0.717, 1.165) is 19.5 Å². The molecule has 0 bridgehead atoms. The van der Waals surface area contributed by atoms with Crippen LogP contribution in [0, 0.1) is 0 Å². The Balaban J connectivity index is 1.64. The minimum Gasteiger partial charge on any atom is -0.496 e. The Morgan fingerprint density at radius 1 is 1.12 bits per heavy atom. The van der Waals surface area contributed by atoms with Crippen LogP contribution in [0.5, 0.6) is 5.75 Å². The fourth-order valence-electron chi connectivity index (χ4n) is 4.32. The molecule has 0 aliphatic carbocycles. The highest BCUT2D eigenvalue weighted by molar-refractivity contribution is 5.95. The van der Waals surface area contributed by atoms with Crippen LogP contribution in [0.15, 0.2) is 71.9 Å². The maximum absolute atomic E-state index is 13.0. The maximum atomic E-state index is 13.0. The van der Waals surface area contributed by atoms with Crippen LogP contribution in [0.4, 0.5) is 4.79 Å². The summed E-state index contributed by atoms with van der Waals surface area (Å²) in [6, 6.07) is 16.7. The lowest BCUT2D eigenvalue weighted by Gasteiger charge is -2.33. The SMILES string of the molecule is CCOC(=O)C1=C(CN2CC=C(c3ccccc3)CC2)NC(=O)N[C@@H]1c1ccccc1OC. The number of rotatable bonds is 7. The van der Waals surface area contributed by atoms with Crippen molar-refractivity contribution in [3.63, 3.8) is 0 Å². The summed E-state index contributed by atoms with van der Waals surface area (Å²) >= 11 is 0. The number of urea groups is 1. The van der Waals surface area contributed by atoms with E-state index in [4.69, 9.17) is 9.47 Å². The first-order chi connectivity index (χ1) is 16.1. The first kappa shape index (κ1) is 22.6. The molecule has 0 aromatic heterocycles. The average Bonchev–Trinajstić information content (AvgIpc) is 2.84. The molecule has 0 saturated heterocycles. The minimum atomic E-state index is -0.663. The largest absolute Gasteiger partial charge is 0.496 e. The molecule has 172 valence electrons. The Hall–Kier alpha value is -3.58. The van der Waals surface area contributed by atoms with Crippen LogP contribution in [0.2, 0.25) is 0 Å². The van der Waals surface area contributed by atoms with E-state index in [1.54, 1.807) is 14.0 Å². The topological polar surface area (TPSA) is 79.9 Å². The van der Waals surface area contributed by atoms with Gasteiger partial charge in [0.15, 0.2) is 0 Å². The van der Waals surface area contributed by atoms with Crippen LogP contribution in [0.3, 0.4) is 0 Å².